The molecule has 0 saturated heterocycles. The number of benzene rings is 1. The van der Waals surface area contributed by atoms with Crippen LogP contribution in [0.15, 0.2) is 28.7 Å². The first-order valence-electron chi connectivity index (χ1n) is 4.60. The number of rotatable bonds is 3. The van der Waals surface area contributed by atoms with Crippen molar-refractivity contribution in [3.8, 4) is 0 Å². The standard InChI is InChI=1S/C11H11BrO2/c12-9-3-1-8(2-4-9)7-11(5-6-11)10(13)14/h1-4H,5-7H2,(H,13,14). The minimum Gasteiger partial charge on any atom is -0.481 e. The lowest BCUT2D eigenvalue weighted by Gasteiger charge is -2.09. The van der Waals surface area contributed by atoms with Crippen molar-refractivity contribution in [2.24, 2.45) is 5.41 Å². The number of hydrogen-bond donors (Lipinski definition) is 1. The predicted octanol–water partition coefficient (Wildman–Crippen LogP) is 2.86. The molecule has 1 aromatic rings. The van der Waals surface area contributed by atoms with Gasteiger partial charge in [-0.05, 0) is 37.0 Å². The highest BCUT2D eigenvalue weighted by Crippen LogP contribution is 2.48. The molecular weight excluding hydrogens is 244 g/mol. The van der Waals surface area contributed by atoms with Crippen LogP contribution in [-0.4, -0.2) is 11.1 Å². The Balaban J connectivity index is 2.11. The van der Waals surface area contributed by atoms with Gasteiger partial charge in [-0.25, -0.2) is 0 Å². The largest absolute Gasteiger partial charge is 0.481 e. The van der Waals surface area contributed by atoms with E-state index in [0.717, 1.165) is 22.9 Å². The zero-order valence-corrected chi connectivity index (χ0v) is 9.25. The molecule has 0 amide bonds. The lowest BCUT2D eigenvalue weighted by atomic mass is 9.97. The van der Waals surface area contributed by atoms with Gasteiger partial charge in [0.15, 0.2) is 0 Å². The van der Waals surface area contributed by atoms with Crippen LogP contribution in [0, 0.1) is 5.41 Å². The van der Waals surface area contributed by atoms with Gasteiger partial charge in [-0.3, -0.25) is 4.79 Å². The third-order valence-electron chi connectivity index (χ3n) is 2.76. The molecule has 0 unspecified atom stereocenters. The van der Waals surface area contributed by atoms with Crippen molar-refractivity contribution < 1.29 is 9.90 Å². The second kappa shape index (κ2) is 3.39. The molecule has 14 heavy (non-hydrogen) atoms. The molecule has 2 rings (SSSR count). The fourth-order valence-corrected chi connectivity index (χ4v) is 1.87. The van der Waals surface area contributed by atoms with E-state index in [9.17, 15) is 4.79 Å². The van der Waals surface area contributed by atoms with E-state index in [1.54, 1.807) is 0 Å². The summed E-state index contributed by atoms with van der Waals surface area (Å²) in [6.07, 6.45) is 2.30. The van der Waals surface area contributed by atoms with Crippen molar-refractivity contribution in [1.82, 2.24) is 0 Å². The zero-order valence-electron chi connectivity index (χ0n) is 7.66. The molecule has 0 radical (unpaired) electrons. The van der Waals surface area contributed by atoms with Crippen molar-refractivity contribution in [3.63, 3.8) is 0 Å². The second-order valence-electron chi connectivity index (χ2n) is 3.89. The number of carboxylic acids is 1. The SMILES string of the molecule is O=C(O)C1(Cc2ccc(Br)cc2)CC1. The van der Waals surface area contributed by atoms with E-state index < -0.39 is 11.4 Å². The van der Waals surface area contributed by atoms with E-state index in [0.29, 0.717) is 6.42 Å². The fraction of sp³-hybridized carbons (Fsp3) is 0.364. The zero-order chi connectivity index (χ0) is 10.2. The first kappa shape index (κ1) is 9.71. The molecule has 1 aliphatic carbocycles. The van der Waals surface area contributed by atoms with Crippen LogP contribution in [0.5, 0.6) is 0 Å². The van der Waals surface area contributed by atoms with Gasteiger partial charge in [0.25, 0.3) is 0 Å². The van der Waals surface area contributed by atoms with Gasteiger partial charge in [0, 0.05) is 4.47 Å². The highest BCUT2D eigenvalue weighted by atomic mass is 79.9. The Morgan fingerprint density at radius 2 is 1.93 bits per heavy atom. The highest BCUT2D eigenvalue weighted by molar-refractivity contribution is 9.10. The van der Waals surface area contributed by atoms with Gasteiger partial charge in [-0.2, -0.15) is 0 Å². The van der Waals surface area contributed by atoms with Gasteiger partial charge < -0.3 is 5.11 Å². The van der Waals surface area contributed by atoms with Gasteiger partial charge >= 0.3 is 5.97 Å². The van der Waals surface area contributed by atoms with E-state index in [4.69, 9.17) is 5.11 Å². The lowest BCUT2D eigenvalue weighted by Crippen LogP contribution is -2.17. The molecule has 0 spiro atoms. The van der Waals surface area contributed by atoms with E-state index in [1.165, 1.54) is 0 Å². The molecule has 1 aliphatic rings. The van der Waals surface area contributed by atoms with Crippen LogP contribution in [0.3, 0.4) is 0 Å². The first-order chi connectivity index (χ1) is 6.62. The van der Waals surface area contributed by atoms with Crippen molar-refractivity contribution in [3.05, 3.63) is 34.3 Å². The number of hydrogen-bond acceptors (Lipinski definition) is 1. The number of halogens is 1. The Morgan fingerprint density at radius 3 is 2.36 bits per heavy atom. The van der Waals surface area contributed by atoms with E-state index in [2.05, 4.69) is 15.9 Å². The molecule has 0 aromatic heterocycles. The van der Waals surface area contributed by atoms with Crippen molar-refractivity contribution >= 4 is 21.9 Å². The quantitative estimate of drug-likeness (QED) is 0.901. The van der Waals surface area contributed by atoms with E-state index >= 15 is 0 Å². The molecule has 74 valence electrons. The van der Waals surface area contributed by atoms with Gasteiger partial charge in [0.1, 0.15) is 0 Å². The average molecular weight is 255 g/mol. The van der Waals surface area contributed by atoms with Crippen LogP contribution in [0.1, 0.15) is 18.4 Å². The molecule has 0 bridgehead atoms. The predicted molar refractivity (Wildman–Crippen MR) is 57.1 cm³/mol. The summed E-state index contributed by atoms with van der Waals surface area (Å²) in [6, 6.07) is 7.86. The summed E-state index contributed by atoms with van der Waals surface area (Å²) in [5, 5.41) is 9.01. The molecule has 1 saturated carbocycles. The molecule has 1 N–H and O–H groups in total. The maximum atomic E-state index is 10.9. The summed E-state index contributed by atoms with van der Waals surface area (Å²) < 4.78 is 1.03. The molecule has 3 heteroatoms. The maximum Gasteiger partial charge on any atom is 0.309 e. The van der Waals surface area contributed by atoms with Crippen LogP contribution in [0.25, 0.3) is 0 Å². The van der Waals surface area contributed by atoms with Gasteiger partial charge in [-0.1, -0.05) is 28.1 Å². The number of carbonyl (C=O) groups is 1. The number of aliphatic carboxylic acids is 1. The molecule has 0 atom stereocenters. The first-order valence-corrected chi connectivity index (χ1v) is 5.40. The van der Waals surface area contributed by atoms with Crippen LogP contribution in [0.4, 0.5) is 0 Å². The smallest absolute Gasteiger partial charge is 0.309 e. The molecule has 1 aromatic carbocycles. The number of carboxylic acid groups (broad SMARTS) is 1. The maximum absolute atomic E-state index is 10.9. The Morgan fingerprint density at radius 1 is 1.36 bits per heavy atom. The van der Waals surface area contributed by atoms with Gasteiger partial charge in [0.2, 0.25) is 0 Å². The summed E-state index contributed by atoms with van der Waals surface area (Å²) in [6.45, 7) is 0. The topological polar surface area (TPSA) is 37.3 Å². The minimum atomic E-state index is -0.652. The van der Waals surface area contributed by atoms with Crippen molar-refractivity contribution in [1.29, 1.82) is 0 Å². The van der Waals surface area contributed by atoms with Crippen LogP contribution in [-0.2, 0) is 11.2 Å². The molecule has 2 nitrogen and oxygen atoms in total. The second-order valence-corrected chi connectivity index (χ2v) is 4.80. The Bertz CT molecular complexity index is 352. The minimum absolute atomic E-state index is 0.451. The normalized spacial score (nSPS) is 17.8. The average Bonchev–Trinajstić information content (AvgIpc) is 2.90. The summed E-state index contributed by atoms with van der Waals surface area (Å²) in [5.41, 5.74) is 0.654. The van der Waals surface area contributed by atoms with Crippen LogP contribution in [0.2, 0.25) is 0 Å². The molecule has 0 heterocycles. The van der Waals surface area contributed by atoms with Gasteiger partial charge in [0.05, 0.1) is 5.41 Å². The fourth-order valence-electron chi connectivity index (χ4n) is 1.61. The van der Waals surface area contributed by atoms with Crippen molar-refractivity contribution in [2.45, 2.75) is 19.3 Å². The van der Waals surface area contributed by atoms with Crippen molar-refractivity contribution in [2.75, 3.05) is 0 Å². The highest BCUT2D eigenvalue weighted by Gasteiger charge is 2.49. The van der Waals surface area contributed by atoms with Gasteiger partial charge in [-0.15, -0.1) is 0 Å². The Labute approximate surface area is 91.1 Å². The Hall–Kier alpha value is -0.830. The summed E-state index contributed by atoms with van der Waals surface area (Å²) >= 11 is 3.35. The summed E-state index contributed by atoms with van der Waals surface area (Å²) in [5.74, 6) is -0.652. The Kier molecular flexibility index (Phi) is 2.35. The summed E-state index contributed by atoms with van der Waals surface area (Å²) in [7, 11) is 0. The van der Waals surface area contributed by atoms with E-state index in [-0.39, 0.29) is 0 Å². The molecule has 0 aliphatic heterocycles. The monoisotopic (exact) mass is 254 g/mol. The third-order valence-corrected chi connectivity index (χ3v) is 3.29. The third kappa shape index (κ3) is 1.82. The molecule has 1 fully saturated rings. The molecular formula is C11H11BrO2. The summed E-state index contributed by atoms with van der Waals surface area (Å²) in [4.78, 5) is 10.9. The van der Waals surface area contributed by atoms with E-state index in [1.807, 2.05) is 24.3 Å². The van der Waals surface area contributed by atoms with Crippen LogP contribution < -0.4 is 0 Å². The lowest BCUT2D eigenvalue weighted by molar-refractivity contribution is -0.143. The van der Waals surface area contributed by atoms with Crippen LogP contribution >= 0.6 is 15.9 Å².